The first kappa shape index (κ1) is 41.6. The van der Waals surface area contributed by atoms with Gasteiger partial charge >= 0.3 is 5.97 Å². The number of aliphatic carboxylic acids is 1. The molecule has 7 N–H and O–H groups in total. The molecular formula is C43H65N3O6. The summed E-state index contributed by atoms with van der Waals surface area (Å²) in [5, 5.41) is 47.1. The van der Waals surface area contributed by atoms with E-state index < -0.39 is 23.6 Å². The highest BCUT2D eigenvalue weighted by atomic mass is 16.4. The Kier molecular flexibility index (Phi) is 17.3. The summed E-state index contributed by atoms with van der Waals surface area (Å²) in [6.07, 6.45) is 17.8. The van der Waals surface area contributed by atoms with Gasteiger partial charge in [-0.05, 0) is 113 Å². The van der Waals surface area contributed by atoms with Crippen molar-refractivity contribution in [3.05, 3.63) is 71.9 Å². The van der Waals surface area contributed by atoms with Crippen LogP contribution in [0.4, 0.5) is 5.82 Å². The first-order valence-electron chi connectivity index (χ1n) is 20.1. The summed E-state index contributed by atoms with van der Waals surface area (Å²) in [4.78, 5) is 28.8. The molecule has 8 atom stereocenters. The summed E-state index contributed by atoms with van der Waals surface area (Å²) < 4.78 is 0. The molecular weight excluding hydrogens is 654 g/mol. The summed E-state index contributed by atoms with van der Waals surface area (Å²) in [6, 6.07) is 13.2. The molecule has 1 heterocycles. The van der Waals surface area contributed by atoms with Crippen LogP contribution in [0.5, 0.6) is 0 Å². The lowest BCUT2D eigenvalue weighted by molar-refractivity contribution is -0.146. The van der Waals surface area contributed by atoms with E-state index in [4.69, 9.17) is 5.73 Å². The summed E-state index contributed by atoms with van der Waals surface area (Å²) in [7, 11) is 0. The van der Waals surface area contributed by atoms with Gasteiger partial charge in [-0.15, -0.1) is 0 Å². The molecule has 1 aromatic carbocycles. The third-order valence-corrected chi connectivity index (χ3v) is 11.6. The second-order valence-electron chi connectivity index (χ2n) is 15.8. The molecule has 0 radical (unpaired) electrons. The number of carboxylic acid groups (broad SMARTS) is 1. The fraction of sp³-hybridized carbons (Fsp3) is 0.651. The van der Waals surface area contributed by atoms with E-state index >= 15 is 0 Å². The zero-order valence-electron chi connectivity index (χ0n) is 31.4. The van der Waals surface area contributed by atoms with Crippen LogP contribution in [0.3, 0.4) is 0 Å². The fourth-order valence-corrected chi connectivity index (χ4v) is 8.60. The zero-order chi connectivity index (χ0) is 37.3. The number of hydrogen-bond donors (Lipinski definition) is 6. The highest BCUT2D eigenvalue weighted by Gasteiger charge is 2.44. The maximum absolute atomic E-state index is 12.5. The largest absolute Gasteiger partial charge is 0.481 e. The number of aliphatic hydroxyl groups is 3. The minimum atomic E-state index is -1.04. The van der Waals surface area contributed by atoms with Gasteiger partial charge in [-0.2, -0.15) is 0 Å². The number of anilines is 1. The number of aromatic nitrogens is 1. The number of hydrogen-bond acceptors (Lipinski definition) is 8. The van der Waals surface area contributed by atoms with Gasteiger partial charge in [-0.25, -0.2) is 4.98 Å². The number of rotatable bonds is 24. The predicted octanol–water partition coefficient (Wildman–Crippen LogP) is 7.14. The first-order valence-corrected chi connectivity index (χ1v) is 20.1. The maximum atomic E-state index is 12.5. The number of Topliss-reactive ketones (excluding diaryl/α,β-unsaturated/α-hetero) is 1. The third kappa shape index (κ3) is 13.7. The first-order chi connectivity index (χ1) is 25.1. The van der Waals surface area contributed by atoms with Crippen molar-refractivity contribution in [3.63, 3.8) is 0 Å². The average molecular weight is 720 g/mol. The Morgan fingerprint density at radius 3 is 2.48 bits per heavy atom. The number of unbranched alkanes of at least 4 members (excludes halogenated alkanes) is 4. The number of nitrogens with zero attached hydrogens (tertiary/aromatic N) is 1. The highest BCUT2D eigenvalue weighted by molar-refractivity contribution is 5.95. The van der Waals surface area contributed by atoms with E-state index in [1.54, 1.807) is 6.20 Å². The van der Waals surface area contributed by atoms with Crippen molar-refractivity contribution < 1.29 is 30.0 Å². The number of nitrogens with two attached hydrogens (primary N) is 1. The smallest absolute Gasteiger partial charge is 0.309 e. The molecule has 52 heavy (non-hydrogen) atoms. The molecule has 0 spiro atoms. The lowest BCUT2D eigenvalue weighted by Gasteiger charge is -2.28. The van der Waals surface area contributed by atoms with E-state index in [-0.39, 0.29) is 36.1 Å². The lowest BCUT2D eigenvalue weighted by Crippen LogP contribution is -2.33. The number of aliphatic hydroxyl groups excluding tert-OH is 2. The van der Waals surface area contributed by atoms with Gasteiger partial charge in [0, 0.05) is 24.1 Å². The summed E-state index contributed by atoms with van der Waals surface area (Å²) in [6.45, 7) is 3.59. The highest BCUT2D eigenvalue weighted by Crippen LogP contribution is 2.44. The lowest BCUT2D eigenvalue weighted by atomic mass is 9.81. The van der Waals surface area contributed by atoms with Gasteiger partial charge in [0.1, 0.15) is 5.82 Å². The number of pyridine rings is 1. The van der Waals surface area contributed by atoms with E-state index in [1.807, 2.05) is 42.5 Å². The molecule has 1 fully saturated rings. The Morgan fingerprint density at radius 1 is 0.981 bits per heavy atom. The van der Waals surface area contributed by atoms with Crippen LogP contribution < -0.4 is 11.1 Å². The second kappa shape index (κ2) is 21.6. The molecule has 288 valence electrons. The van der Waals surface area contributed by atoms with Crippen LogP contribution in [-0.2, 0) is 11.2 Å². The van der Waals surface area contributed by atoms with Crippen molar-refractivity contribution in [2.75, 3.05) is 18.8 Å². The zero-order valence-corrected chi connectivity index (χ0v) is 31.4. The van der Waals surface area contributed by atoms with E-state index in [9.17, 15) is 30.0 Å². The number of nitrogen functional groups attached to an aromatic ring is 1. The third-order valence-electron chi connectivity index (χ3n) is 11.6. The molecule has 2 aromatic rings. The number of carbonyl (C=O) groups is 2. The number of benzene rings is 1. The molecule has 2 aliphatic rings. The molecule has 9 heteroatoms. The summed E-state index contributed by atoms with van der Waals surface area (Å²) >= 11 is 0. The Labute approximate surface area is 311 Å². The standard InChI is InChI=1S/C43H65N3O6/c1-2-3-6-12-31-18-19-34(40(49)26-31)15-9-5-10-16-37(42(50)51)39(48)20-22-43(52)28-35(25-32-21-24-46-41(44)27-32)36(29-43)30-45-23-11-17-38(47)33-13-7-4-8-14-33/h4,7-8,13-14,18-19,21,24,27,31,34-37,39-40,45,48-49,52H,2-3,5-6,9-12,15-17,20,22-23,25-26,28-30H2,1H3,(H2,44,46)(H,50,51). The van der Waals surface area contributed by atoms with Crippen molar-refractivity contribution in [2.45, 2.75) is 134 Å². The van der Waals surface area contributed by atoms with Crippen LogP contribution in [0.1, 0.15) is 126 Å². The Balaban J connectivity index is 1.22. The monoisotopic (exact) mass is 719 g/mol. The van der Waals surface area contributed by atoms with Gasteiger partial charge in [0.2, 0.25) is 0 Å². The summed E-state index contributed by atoms with van der Waals surface area (Å²) in [5.74, 6) is -0.304. The van der Waals surface area contributed by atoms with Crippen LogP contribution in [0.15, 0.2) is 60.8 Å². The van der Waals surface area contributed by atoms with E-state index in [2.05, 4.69) is 29.4 Å². The molecule has 2 aliphatic carbocycles. The average Bonchev–Trinajstić information content (AvgIpc) is 3.44. The van der Waals surface area contributed by atoms with Crippen LogP contribution in [0, 0.1) is 29.6 Å². The maximum Gasteiger partial charge on any atom is 0.309 e. The Bertz CT molecular complexity index is 1390. The molecule has 8 unspecified atom stereocenters. The predicted molar refractivity (Wildman–Crippen MR) is 207 cm³/mol. The minimum Gasteiger partial charge on any atom is -0.481 e. The van der Waals surface area contributed by atoms with Crippen molar-refractivity contribution >= 4 is 17.6 Å². The topological polar surface area (TPSA) is 166 Å². The second-order valence-corrected chi connectivity index (χ2v) is 15.8. The number of allylic oxidation sites excluding steroid dienone is 1. The Morgan fingerprint density at radius 2 is 1.75 bits per heavy atom. The van der Waals surface area contributed by atoms with Crippen LogP contribution in [0.2, 0.25) is 0 Å². The molecule has 0 aliphatic heterocycles. The fourth-order valence-electron chi connectivity index (χ4n) is 8.60. The number of nitrogens with one attached hydrogen (secondary N) is 1. The quantitative estimate of drug-likeness (QED) is 0.0376. The SMILES string of the molecule is CCCCCC1C=CC(CCCCCC(C(=O)O)C(O)CCC2(O)CC(CNCCCC(=O)c3ccccc3)C(Cc3ccnc(N)c3)C2)C(O)C1. The minimum absolute atomic E-state index is 0.131. The van der Waals surface area contributed by atoms with Gasteiger partial charge in [0.15, 0.2) is 5.78 Å². The number of ketones is 1. The molecule has 0 saturated heterocycles. The molecule has 9 nitrogen and oxygen atoms in total. The van der Waals surface area contributed by atoms with Gasteiger partial charge < -0.3 is 31.5 Å². The van der Waals surface area contributed by atoms with Crippen molar-refractivity contribution in [2.24, 2.45) is 29.6 Å². The van der Waals surface area contributed by atoms with Gasteiger partial charge in [-0.1, -0.05) is 87.9 Å². The van der Waals surface area contributed by atoms with Crippen LogP contribution >= 0.6 is 0 Å². The molecule has 4 rings (SSSR count). The van der Waals surface area contributed by atoms with Crippen molar-refractivity contribution in [3.8, 4) is 0 Å². The molecule has 0 amide bonds. The van der Waals surface area contributed by atoms with Crippen molar-refractivity contribution in [1.29, 1.82) is 0 Å². The van der Waals surface area contributed by atoms with Gasteiger partial charge in [0.05, 0.1) is 23.7 Å². The number of carbonyl (C=O) groups excluding carboxylic acids is 1. The Hall–Kier alpha value is -3.11. The van der Waals surface area contributed by atoms with Crippen LogP contribution in [0.25, 0.3) is 0 Å². The van der Waals surface area contributed by atoms with Gasteiger partial charge in [0.25, 0.3) is 0 Å². The van der Waals surface area contributed by atoms with Crippen LogP contribution in [-0.4, -0.2) is 68.1 Å². The van der Waals surface area contributed by atoms with Crippen molar-refractivity contribution in [1.82, 2.24) is 10.3 Å². The van der Waals surface area contributed by atoms with Gasteiger partial charge in [-0.3, -0.25) is 9.59 Å². The number of carboxylic acids is 1. The van der Waals surface area contributed by atoms with E-state index in [0.29, 0.717) is 63.4 Å². The summed E-state index contributed by atoms with van der Waals surface area (Å²) in [5.41, 5.74) is 6.74. The normalized spacial score (nSPS) is 25.6. The molecule has 1 saturated carbocycles. The van der Waals surface area contributed by atoms with E-state index in [1.165, 1.54) is 19.3 Å². The van der Waals surface area contributed by atoms with E-state index in [0.717, 1.165) is 56.1 Å². The molecule has 1 aromatic heterocycles. The molecule has 0 bridgehead atoms.